The monoisotopic (exact) mass is 711 g/mol. The number of carbonyl (C=O) groups is 2. The molecule has 1 heterocycles. The molecule has 7 bridgehead atoms. The van der Waals surface area contributed by atoms with E-state index in [1.54, 1.807) is 51.7 Å². The molecule has 16 atom stereocenters. The second-order valence-electron chi connectivity index (χ2n) is 14.4. The first-order valence-electron chi connectivity index (χ1n) is 15.9. The van der Waals surface area contributed by atoms with Gasteiger partial charge in [0.15, 0.2) is 5.60 Å². The van der Waals surface area contributed by atoms with Crippen LogP contribution in [0.4, 0.5) is 0 Å². The Labute approximate surface area is 279 Å². The first-order chi connectivity index (χ1) is 21.4. The van der Waals surface area contributed by atoms with Gasteiger partial charge in [-0.1, -0.05) is 18.2 Å². The average Bonchev–Trinajstić information content (AvgIpc) is 3.40. The molecule has 6 aliphatic rings. The number of piperidine rings is 1. The Morgan fingerprint density at radius 1 is 1.00 bits per heavy atom. The Hall–Kier alpha value is -1.68. The maximum atomic E-state index is 13.7. The minimum absolute atomic E-state index is 0. The van der Waals surface area contributed by atoms with Crippen LogP contribution in [0, 0.1) is 34.5 Å². The summed E-state index contributed by atoms with van der Waals surface area (Å²) in [6.45, 7) is 2.11. The molecule has 0 radical (unpaired) electrons. The van der Waals surface area contributed by atoms with Gasteiger partial charge in [-0.3, -0.25) is 4.79 Å². The summed E-state index contributed by atoms with van der Waals surface area (Å²) < 4.78 is 37.2. The number of likely N-dealkylation sites (tertiary alicyclic amines) is 1. The number of quaternary nitrogens is 1. The van der Waals surface area contributed by atoms with Crippen LogP contribution in [0.3, 0.4) is 0 Å². The first-order valence-corrected chi connectivity index (χ1v) is 15.9. The van der Waals surface area contributed by atoms with Crippen LogP contribution in [0.1, 0.15) is 30.1 Å². The molecule has 1 aromatic carbocycles. The standard InChI is InChI=1S/C33H45NO11.BrH/c1-16(35)45-33-21-18(13-31(39,28(43-6)26(33)37)27(21)44-29(38)17-10-8-7-9-11-17)32-20(41-4)12-19(36)30(15-40-3)14-34(2)25(32)22(33)23(42-5)24(30)32;/h7-11,18-28,36-37,39H,12-15H2,1-6H3;1H/t18-,19?,20?,21-,22?,23?,24-,25-,26?,27?,28+,30?,31-,32?,33-;/m1./s1. The number of aliphatic hydroxyl groups is 3. The summed E-state index contributed by atoms with van der Waals surface area (Å²) in [5, 5.41) is 37.1. The molecule has 46 heavy (non-hydrogen) atoms. The van der Waals surface area contributed by atoms with Crippen molar-refractivity contribution >= 4 is 11.9 Å². The van der Waals surface area contributed by atoms with Crippen molar-refractivity contribution in [2.45, 2.75) is 73.6 Å². The van der Waals surface area contributed by atoms with E-state index in [0.29, 0.717) is 18.5 Å². The predicted octanol–water partition coefficient (Wildman–Crippen LogP) is -4.16. The van der Waals surface area contributed by atoms with Gasteiger partial charge in [0.05, 0.1) is 60.8 Å². The fourth-order valence-electron chi connectivity index (χ4n) is 12.4. The highest BCUT2D eigenvalue weighted by Gasteiger charge is 2.93. The van der Waals surface area contributed by atoms with Crippen molar-refractivity contribution < 1.29 is 75.2 Å². The van der Waals surface area contributed by atoms with Crippen molar-refractivity contribution in [3.8, 4) is 0 Å². The van der Waals surface area contributed by atoms with Gasteiger partial charge in [-0.25, -0.2) is 4.79 Å². The molecule has 0 amide bonds. The van der Waals surface area contributed by atoms with Crippen molar-refractivity contribution in [1.82, 2.24) is 0 Å². The second-order valence-corrected chi connectivity index (χ2v) is 14.4. The zero-order valence-electron chi connectivity index (χ0n) is 27.1. The summed E-state index contributed by atoms with van der Waals surface area (Å²) in [6.07, 6.45) is -5.38. The van der Waals surface area contributed by atoms with Crippen LogP contribution in [0.15, 0.2) is 30.3 Å². The first kappa shape index (κ1) is 34.2. The second kappa shape index (κ2) is 11.4. The van der Waals surface area contributed by atoms with E-state index in [2.05, 4.69) is 7.05 Å². The van der Waals surface area contributed by atoms with Gasteiger partial charge >= 0.3 is 11.9 Å². The highest BCUT2D eigenvalue weighted by molar-refractivity contribution is 5.89. The van der Waals surface area contributed by atoms with Crippen molar-refractivity contribution in [1.29, 1.82) is 0 Å². The number of benzene rings is 1. The lowest BCUT2D eigenvalue weighted by atomic mass is 9.42. The Balaban J connectivity index is 0.00000372. The average molecular weight is 713 g/mol. The number of nitrogens with one attached hydrogen (secondary N) is 1. The third-order valence-electron chi connectivity index (χ3n) is 13.0. The lowest BCUT2D eigenvalue weighted by molar-refractivity contribution is -0.937. The summed E-state index contributed by atoms with van der Waals surface area (Å²) in [5.74, 6) is -3.56. The fourth-order valence-corrected chi connectivity index (χ4v) is 12.4. The highest BCUT2D eigenvalue weighted by Crippen LogP contribution is 2.78. The van der Waals surface area contributed by atoms with E-state index in [1.807, 2.05) is 0 Å². The third kappa shape index (κ3) is 3.83. The fraction of sp³-hybridized carbons (Fsp3) is 0.758. The van der Waals surface area contributed by atoms with Gasteiger partial charge in [-0.05, 0) is 24.5 Å². The molecule has 7 rings (SSSR count). The number of hydrogen-bond donors (Lipinski definition) is 4. The number of carbonyl (C=O) groups excluding carboxylic acids is 2. The highest BCUT2D eigenvalue weighted by atomic mass is 79.9. The molecule has 1 spiro atoms. The predicted molar refractivity (Wildman–Crippen MR) is 155 cm³/mol. The van der Waals surface area contributed by atoms with Crippen LogP contribution in [0.25, 0.3) is 0 Å². The van der Waals surface area contributed by atoms with E-state index in [0.717, 1.165) is 4.90 Å². The number of esters is 2. The number of aliphatic hydroxyl groups excluding tert-OH is 2. The molecule has 1 aliphatic heterocycles. The lowest BCUT2D eigenvalue weighted by Gasteiger charge is -2.68. The van der Waals surface area contributed by atoms with Gasteiger partial charge in [0.25, 0.3) is 0 Å². The molecule has 6 fully saturated rings. The number of methoxy groups -OCH3 is 4. The summed E-state index contributed by atoms with van der Waals surface area (Å²) in [5.41, 5.74) is -4.68. The molecule has 256 valence electrons. The van der Waals surface area contributed by atoms with Gasteiger partial charge in [-0.2, -0.15) is 0 Å². The van der Waals surface area contributed by atoms with Gasteiger partial charge in [0.2, 0.25) is 0 Å². The van der Waals surface area contributed by atoms with Gasteiger partial charge in [0.1, 0.15) is 30.0 Å². The summed E-state index contributed by atoms with van der Waals surface area (Å²) in [4.78, 5) is 28.0. The van der Waals surface area contributed by atoms with Crippen molar-refractivity contribution in [2.24, 2.45) is 34.5 Å². The number of fused-ring (bicyclic) bond motifs is 2. The van der Waals surface area contributed by atoms with E-state index in [1.165, 1.54) is 14.0 Å². The molecule has 1 aromatic rings. The van der Waals surface area contributed by atoms with E-state index < -0.39 is 88.3 Å². The van der Waals surface area contributed by atoms with Crippen LogP contribution in [-0.4, -0.2) is 130 Å². The van der Waals surface area contributed by atoms with Gasteiger partial charge < -0.3 is 65.6 Å². The summed E-state index contributed by atoms with van der Waals surface area (Å²) >= 11 is 0. The Bertz CT molecular complexity index is 1350. The minimum atomic E-state index is -1.82. The topological polar surface area (TPSA) is 155 Å². The van der Waals surface area contributed by atoms with E-state index in [4.69, 9.17) is 28.4 Å². The third-order valence-corrected chi connectivity index (χ3v) is 13.0. The quantitative estimate of drug-likeness (QED) is 0.194. The molecule has 5 aliphatic carbocycles. The maximum Gasteiger partial charge on any atom is 0.338 e. The van der Waals surface area contributed by atoms with Crippen molar-refractivity contribution in [3.05, 3.63) is 35.9 Å². The normalized spacial score (nSPS) is 50.8. The van der Waals surface area contributed by atoms with E-state index >= 15 is 0 Å². The smallest absolute Gasteiger partial charge is 0.338 e. The van der Waals surface area contributed by atoms with Crippen LogP contribution in [-0.2, 0) is 33.2 Å². The summed E-state index contributed by atoms with van der Waals surface area (Å²) in [6, 6.07) is 8.25. The SMILES string of the molecule is COCC12C[NH+](C)[C@@H]3C4C(OC)[C@H]1C3(C(OC)CC2O)[C@@H]1C[C@@]2(O)C(OC(=O)c3ccccc3)[C@@H]1[C@]4(OC(C)=O)C(O)[C@@H]2OC.[Br-]. The number of hydrogen-bond acceptors (Lipinski definition) is 11. The molecule has 1 saturated heterocycles. The molecule has 12 nitrogen and oxygen atoms in total. The Morgan fingerprint density at radius 3 is 2.28 bits per heavy atom. The molecule has 9 unspecified atom stereocenters. The van der Waals surface area contributed by atoms with Crippen LogP contribution in [0.5, 0.6) is 0 Å². The Morgan fingerprint density at radius 2 is 1.70 bits per heavy atom. The zero-order valence-corrected chi connectivity index (χ0v) is 28.6. The van der Waals surface area contributed by atoms with Crippen molar-refractivity contribution in [3.63, 3.8) is 0 Å². The lowest BCUT2D eigenvalue weighted by Crippen LogP contribution is -3.20. The van der Waals surface area contributed by atoms with Gasteiger partial charge in [-0.15, -0.1) is 0 Å². The number of ether oxygens (including phenoxy) is 6. The van der Waals surface area contributed by atoms with Crippen LogP contribution >= 0.6 is 0 Å². The molecule has 4 N–H and O–H groups in total. The molecule has 5 saturated carbocycles. The molecule has 0 aromatic heterocycles. The number of halogens is 1. The zero-order chi connectivity index (χ0) is 32.3. The molecular formula is C33H46BrNO11. The Kier molecular flexibility index (Phi) is 8.51. The molecule has 13 heteroatoms. The number of rotatable bonds is 8. The van der Waals surface area contributed by atoms with Gasteiger partial charge in [0, 0.05) is 53.6 Å². The van der Waals surface area contributed by atoms with Crippen LogP contribution < -0.4 is 21.9 Å². The molecular weight excluding hydrogens is 666 g/mol. The van der Waals surface area contributed by atoms with Crippen molar-refractivity contribution in [2.75, 3.05) is 48.6 Å². The van der Waals surface area contributed by atoms with E-state index in [9.17, 15) is 24.9 Å². The maximum absolute atomic E-state index is 13.7. The minimum Gasteiger partial charge on any atom is -1.00 e. The van der Waals surface area contributed by atoms with E-state index in [-0.39, 0.29) is 42.0 Å². The summed E-state index contributed by atoms with van der Waals surface area (Å²) in [7, 11) is 8.32. The van der Waals surface area contributed by atoms with Crippen LogP contribution in [0.2, 0.25) is 0 Å². The largest absolute Gasteiger partial charge is 1.00 e.